The van der Waals surface area contributed by atoms with Crippen LogP contribution in [-0.2, 0) is 0 Å². The number of rotatable bonds is 11. The zero-order valence-electron chi connectivity index (χ0n) is 20.6. The SMILES string of the molecule is CCN(CCO)C(F)(F)CCOc1ccc(-c2cccc(SC3CC3)c2)c2c1[nH]c1ncc(C)cc12. The van der Waals surface area contributed by atoms with Gasteiger partial charge in [-0.15, -0.1) is 11.8 Å². The standard InChI is InChI=1S/C28H31F2N3O2S/c1-3-33(12-13-34)28(29,30)11-14-35-24-10-9-22(19-5-4-6-21(16-19)36-20-7-8-20)25-23-15-18(2)17-31-27(23)32-26(24)25/h4-6,9-10,15-17,20,34H,3,7-8,11-14H2,1-2H3,(H,31,32). The van der Waals surface area contributed by atoms with E-state index < -0.39 is 12.5 Å². The van der Waals surface area contributed by atoms with Crippen LogP contribution in [-0.4, -0.2) is 57.6 Å². The van der Waals surface area contributed by atoms with Crippen molar-refractivity contribution in [1.29, 1.82) is 0 Å². The average Bonchev–Trinajstić information content (AvgIpc) is 3.60. The Hall–Kier alpha value is -2.68. The van der Waals surface area contributed by atoms with Gasteiger partial charge in [-0.25, -0.2) is 9.88 Å². The van der Waals surface area contributed by atoms with E-state index in [1.165, 1.54) is 17.7 Å². The maximum atomic E-state index is 14.6. The van der Waals surface area contributed by atoms with Gasteiger partial charge in [0.2, 0.25) is 0 Å². The van der Waals surface area contributed by atoms with Crippen LogP contribution in [0.2, 0.25) is 0 Å². The molecule has 0 bridgehead atoms. The summed E-state index contributed by atoms with van der Waals surface area (Å²) in [4.78, 5) is 10.2. The van der Waals surface area contributed by atoms with Gasteiger partial charge in [-0.05, 0) is 66.8 Å². The number of aliphatic hydroxyl groups excluding tert-OH is 1. The lowest BCUT2D eigenvalue weighted by atomic mass is 9.99. The largest absolute Gasteiger partial charge is 0.491 e. The smallest absolute Gasteiger partial charge is 0.308 e. The Morgan fingerprint density at radius 2 is 2.06 bits per heavy atom. The fourth-order valence-corrected chi connectivity index (χ4v) is 5.67. The number of hydrogen-bond acceptors (Lipinski definition) is 5. The quantitative estimate of drug-likeness (QED) is 0.222. The number of aromatic nitrogens is 2. The van der Waals surface area contributed by atoms with Gasteiger partial charge in [-0.1, -0.05) is 19.1 Å². The third kappa shape index (κ3) is 5.21. The second-order valence-electron chi connectivity index (χ2n) is 9.31. The van der Waals surface area contributed by atoms with Crippen molar-refractivity contribution in [3.05, 3.63) is 54.2 Å². The molecule has 0 spiro atoms. The van der Waals surface area contributed by atoms with Crippen molar-refractivity contribution < 1.29 is 18.6 Å². The van der Waals surface area contributed by atoms with Crippen LogP contribution in [0.25, 0.3) is 33.1 Å². The number of benzene rings is 2. The van der Waals surface area contributed by atoms with Gasteiger partial charge in [-0.3, -0.25) is 0 Å². The minimum Gasteiger partial charge on any atom is -0.491 e. The molecule has 1 aliphatic carbocycles. The fourth-order valence-electron chi connectivity index (χ4n) is 4.56. The van der Waals surface area contributed by atoms with Crippen molar-refractivity contribution >= 4 is 33.7 Å². The number of thioether (sulfide) groups is 1. The molecule has 2 heterocycles. The summed E-state index contributed by atoms with van der Waals surface area (Å²) in [5.74, 6) is 0.522. The molecule has 190 valence electrons. The summed E-state index contributed by atoms with van der Waals surface area (Å²) in [6.07, 6.45) is 3.88. The highest BCUT2D eigenvalue weighted by Gasteiger charge is 2.35. The van der Waals surface area contributed by atoms with E-state index in [1.54, 1.807) is 6.92 Å². The Kier molecular flexibility index (Phi) is 7.19. The minimum absolute atomic E-state index is 0.0758. The van der Waals surface area contributed by atoms with E-state index in [0.29, 0.717) is 5.75 Å². The van der Waals surface area contributed by atoms with E-state index >= 15 is 0 Å². The molecule has 5 rings (SSSR count). The number of H-pyrrole nitrogens is 1. The van der Waals surface area contributed by atoms with Gasteiger partial charge in [0.25, 0.3) is 0 Å². The number of aryl methyl sites for hydroxylation is 1. The fraction of sp³-hybridized carbons (Fsp3) is 0.393. The van der Waals surface area contributed by atoms with Gasteiger partial charge in [0, 0.05) is 40.2 Å². The van der Waals surface area contributed by atoms with Crippen LogP contribution in [0.3, 0.4) is 0 Å². The number of fused-ring (bicyclic) bond motifs is 3. The average molecular weight is 512 g/mol. The molecule has 0 atom stereocenters. The molecule has 1 fully saturated rings. The highest BCUT2D eigenvalue weighted by Crippen LogP contribution is 2.43. The summed E-state index contributed by atoms with van der Waals surface area (Å²) in [6, 6.07) is 11.5. The van der Waals surface area contributed by atoms with Crippen LogP contribution >= 0.6 is 11.8 Å². The van der Waals surface area contributed by atoms with E-state index in [9.17, 15) is 8.78 Å². The molecule has 5 nitrogen and oxygen atoms in total. The first kappa shape index (κ1) is 25.0. The molecule has 2 N–H and O–H groups in total. The molecule has 0 radical (unpaired) electrons. The van der Waals surface area contributed by atoms with Crippen LogP contribution in [0, 0.1) is 6.92 Å². The second-order valence-corrected chi connectivity index (χ2v) is 10.7. The van der Waals surface area contributed by atoms with Gasteiger partial charge in [0.1, 0.15) is 11.4 Å². The highest BCUT2D eigenvalue weighted by atomic mass is 32.2. The van der Waals surface area contributed by atoms with Crippen LogP contribution in [0.1, 0.15) is 31.7 Å². The lowest BCUT2D eigenvalue weighted by Gasteiger charge is -2.29. The zero-order chi connectivity index (χ0) is 25.3. The first-order chi connectivity index (χ1) is 17.4. The Balaban J connectivity index is 1.50. The van der Waals surface area contributed by atoms with E-state index in [-0.39, 0.29) is 26.3 Å². The van der Waals surface area contributed by atoms with Crippen molar-refractivity contribution in [3.8, 4) is 16.9 Å². The van der Waals surface area contributed by atoms with E-state index in [0.717, 1.165) is 48.8 Å². The number of ether oxygens (including phenoxy) is 1. The number of pyridine rings is 1. The number of likely N-dealkylation sites (N-methyl/N-ethyl adjacent to an activating group) is 1. The predicted octanol–water partition coefficient (Wildman–Crippen LogP) is 6.62. The summed E-state index contributed by atoms with van der Waals surface area (Å²) >= 11 is 1.92. The van der Waals surface area contributed by atoms with Gasteiger partial charge < -0.3 is 14.8 Å². The molecular weight excluding hydrogens is 480 g/mol. The molecule has 0 amide bonds. The van der Waals surface area contributed by atoms with E-state index in [1.807, 2.05) is 37.0 Å². The molecule has 2 aromatic heterocycles. The van der Waals surface area contributed by atoms with Crippen molar-refractivity contribution in [2.45, 2.75) is 49.3 Å². The van der Waals surface area contributed by atoms with E-state index in [2.05, 4.69) is 40.3 Å². The first-order valence-corrected chi connectivity index (χ1v) is 13.3. The van der Waals surface area contributed by atoms with Gasteiger partial charge in [0.05, 0.1) is 25.2 Å². The van der Waals surface area contributed by atoms with Crippen LogP contribution < -0.4 is 4.74 Å². The number of hydrogen-bond donors (Lipinski definition) is 2. The maximum Gasteiger partial charge on any atom is 0.308 e. The summed E-state index contributed by atoms with van der Waals surface area (Å²) in [6.45, 7) is 3.27. The van der Waals surface area contributed by atoms with E-state index in [4.69, 9.17) is 9.84 Å². The molecule has 2 aromatic carbocycles. The highest BCUT2D eigenvalue weighted by molar-refractivity contribution is 8.00. The molecule has 0 saturated heterocycles. The molecule has 4 aromatic rings. The summed E-state index contributed by atoms with van der Waals surface area (Å²) < 4.78 is 35.2. The lowest BCUT2D eigenvalue weighted by molar-refractivity contribution is -0.157. The Labute approximate surface area is 213 Å². The Morgan fingerprint density at radius 3 is 2.81 bits per heavy atom. The lowest BCUT2D eigenvalue weighted by Crippen LogP contribution is -2.44. The Bertz CT molecular complexity index is 1370. The molecule has 36 heavy (non-hydrogen) atoms. The topological polar surface area (TPSA) is 61.4 Å². The zero-order valence-corrected chi connectivity index (χ0v) is 21.4. The predicted molar refractivity (Wildman–Crippen MR) is 142 cm³/mol. The number of alkyl halides is 2. The molecule has 8 heteroatoms. The molecule has 1 aliphatic rings. The van der Waals surface area contributed by atoms with Crippen molar-refractivity contribution in [3.63, 3.8) is 0 Å². The minimum atomic E-state index is -3.06. The van der Waals surface area contributed by atoms with Gasteiger partial charge in [-0.2, -0.15) is 8.78 Å². The van der Waals surface area contributed by atoms with Crippen molar-refractivity contribution in [2.75, 3.05) is 26.3 Å². The normalized spacial score (nSPS) is 14.3. The summed E-state index contributed by atoms with van der Waals surface area (Å²) in [5.41, 5.74) is 4.70. The van der Waals surface area contributed by atoms with Crippen molar-refractivity contribution in [2.24, 2.45) is 0 Å². The third-order valence-electron chi connectivity index (χ3n) is 6.55. The third-order valence-corrected chi connectivity index (χ3v) is 7.88. The van der Waals surface area contributed by atoms with Crippen LogP contribution in [0.4, 0.5) is 8.78 Å². The maximum absolute atomic E-state index is 14.6. The number of nitrogens with zero attached hydrogens (tertiary/aromatic N) is 2. The second kappa shape index (κ2) is 10.4. The van der Waals surface area contributed by atoms with Crippen LogP contribution in [0.15, 0.2) is 53.6 Å². The van der Waals surface area contributed by atoms with Crippen LogP contribution in [0.5, 0.6) is 5.75 Å². The number of aliphatic hydroxyl groups is 1. The molecule has 0 aliphatic heterocycles. The van der Waals surface area contributed by atoms with Gasteiger partial charge >= 0.3 is 6.05 Å². The number of nitrogens with one attached hydrogen (secondary N) is 1. The number of halogens is 2. The Morgan fingerprint density at radius 1 is 1.22 bits per heavy atom. The van der Waals surface area contributed by atoms with Gasteiger partial charge in [0.15, 0.2) is 0 Å². The summed E-state index contributed by atoms with van der Waals surface area (Å²) in [5, 5.41) is 11.8. The number of aromatic amines is 1. The summed E-state index contributed by atoms with van der Waals surface area (Å²) in [7, 11) is 0. The molecule has 1 saturated carbocycles. The monoisotopic (exact) mass is 511 g/mol. The molecule has 0 unspecified atom stereocenters. The molecular formula is C28H31F2N3O2S. The van der Waals surface area contributed by atoms with Crippen molar-refractivity contribution in [1.82, 2.24) is 14.9 Å². The first-order valence-electron chi connectivity index (χ1n) is 12.4.